The monoisotopic (exact) mass is 353 g/mol. The first-order chi connectivity index (χ1) is 11.9. The summed E-state index contributed by atoms with van der Waals surface area (Å²) < 4.78 is 0. The van der Waals surface area contributed by atoms with E-state index in [-0.39, 0.29) is 24.6 Å². The Kier molecular flexibility index (Phi) is 10.6. The smallest absolute Gasteiger partial charge is 0.316 e. The van der Waals surface area contributed by atoms with Gasteiger partial charge in [-0.15, -0.1) is 0 Å². The number of carbonyl (C=O) groups is 2. The molecule has 0 atom stereocenters. The number of amides is 4. The van der Waals surface area contributed by atoms with Crippen LogP contribution in [0.3, 0.4) is 0 Å². The maximum Gasteiger partial charge on any atom is 0.316 e. The maximum absolute atomic E-state index is 10.7. The van der Waals surface area contributed by atoms with Crippen LogP contribution in [0.2, 0.25) is 0 Å². The summed E-state index contributed by atoms with van der Waals surface area (Å²) in [5, 5.41) is 27.8. The highest BCUT2D eigenvalue weighted by Gasteiger charge is 2.12. The summed E-state index contributed by atoms with van der Waals surface area (Å²) in [7, 11) is 0. The Morgan fingerprint density at radius 1 is 1.12 bits per heavy atom. The Labute approximate surface area is 142 Å². The molecule has 1 aliphatic heterocycles. The number of hydrogen-bond donors (Lipinski definition) is 8. The molecule has 0 aromatic heterocycles. The molecule has 0 spiro atoms. The molecule has 0 radical (unpaired) electrons. The summed E-state index contributed by atoms with van der Waals surface area (Å²) in [4.78, 5) is 29.9. The second kappa shape index (κ2) is 12.6. The number of hydrogen-bond acceptors (Lipinski definition) is 7. The Morgan fingerprint density at radius 2 is 1.64 bits per heavy atom. The summed E-state index contributed by atoms with van der Waals surface area (Å²) in [6, 6.07) is -0.896. The van der Waals surface area contributed by atoms with Crippen molar-refractivity contribution < 1.29 is 9.59 Å². The quantitative estimate of drug-likeness (QED) is 0.105. The van der Waals surface area contributed by atoms with Crippen LogP contribution in [0.5, 0.6) is 0 Å². The molecule has 11 N–H and O–H groups in total. The number of rotatable bonds is 4. The van der Waals surface area contributed by atoms with Gasteiger partial charge in [-0.1, -0.05) is 0 Å². The van der Waals surface area contributed by atoms with Crippen LogP contribution in [0, 0.1) is 22.9 Å². The second-order valence-corrected chi connectivity index (χ2v) is 4.07. The average Bonchev–Trinajstić information content (AvgIpc) is 2.55. The van der Waals surface area contributed by atoms with Gasteiger partial charge in [0.05, 0.1) is 20.0 Å². The molecular formula is C10H19N13O2. The third-order valence-electron chi connectivity index (χ3n) is 2.24. The third kappa shape index (κ3) is 12.3. The number of aliphatic imine (C=N–C) groups is 2. The van der Waals surface area contributed by atoms with Crippen molar-refractivity contribution in [3.63, 3.8) is 0 Å². The molecule has 15 nitrogen and oxygen atoms in total. The van der Waals surface area contributed by atoms with E-state index in [2.05, 4.69) is 36.6 Å². The van der Waals surface area contributed by atoms with Gasteiger partial charge in [-0.05, 0) is 0 Å². The first-order valence-electron chi connectivity index (χ1n) is 6.56. The summed E-state index contributed by atoms with van der Waals surface area (Å²) >= 11 is 0. The summed E-state index contributed by atoms with van der Waals surface area (Å²) in [5.74, 6) is -0.00866. The molecule has 1 aliphatic rings. The van der Waals surface area contributed by atoms with Crippen LogP contribution >= 0.6 is 0 Å². The number of carbonyl (C=O) groups excluding carboxylic acids is 2. The van der Waals surface area contributed by atoms with Gasteiger partial charge in [-0.25, -0.2) is 24.5 Å². The zero-order valence-corrected chi connectivity index (χ0v) is 13.1. The number of nitrogens with zero attached hydrogens (tertiary/aromatic N) is 5. The minimum Gasteiger partial charge on any atom is -0.369 e. The molecular weight excluding hydrogens is 334 g/mol. The van der Waals surface area contributed by atoms with Gasteiger partial charge in [0, 0.05) is 0 Å². The molecule has 0 aromatic carbocycles. The fraction of sp³-hybridized carbons (Fsp3) is 0.400. The largest absolute Gasteiger partial charge is 0.369 e. The molecule has 1 rings (SSSR count). The Hall–Kier alpha value is -3.98. The maximum atomic E-state index is 10.7. The molecule has 15 heteroatoms. The molecule has 4 amide bonds. The van der Waals surface area contributed by atoms with E-state index >= 15 is 0 Å². The first kappa shape index (κ1) is 21.0. The van der Waals surface area contributed by atoms with Gasteiger partial charge in [-0.2, -0.15) is 10.5 Å². The lowest BCUT2D eigenvalue weighted by Gasteiger charge is -2.25. The zero-order valence-electron chi connectivity index (χ0n) is 13.1. The number of primary amides is 1. The van der Waals surface area contributed by atoms with Gasteiger partial charge in [0.15, 0.2) is 12.4 Å². The number of nitrogens with two attached hydrogens (primary N) is 3. The highest BCUT2D eigenvalue weighted by Crippen LogP contribution is 1.88. The van der Waals surface area contributed by atoms with Crippen LogP contribution in [0.4, 0.5) is 9.59 Å². The van der Waals surface area contributed by atoms with Crippen molar-refractivity contribution in [2.45, 2.75) is 0 Å². The first-order valence-corrected chi connectivity index (χ1v) is 6.56. The van der Waals surface area contributed by atoms with Crippen LogP contribution in [-0.2, 0) is 0 Å². The van der Waals surface area contributed by atoms with Gasteiger partial charge in [0.25, 0.3) is 0 Å². The van der Waals surface area contributed by atoms with Crippen LogP contribution < -0.4 is 43.8 Å². The predicted molar refractivity (Wildman–Crippen MR) is 86.4 cm³/mol. The van der Waals surface area contributed by atoms with E-state index in [0.717, 1.165) is 0 Å². The van der Waals surface area contributed by atoms with E-state index < -0.39 is 6.03 Å². The fourth-order valence-corrected chi connectivity index (χ4v) is 1.16. The average molecular weight is 353 g/mol. The van der Waals surface area contributed by atoms with Gasteiger partial charge in [0.1, 0.15) is 6.67 Å². The van der Waals surface area contributed by atoms with Crippen LogP contribution in [0.15, 0.2) is 9.98 Å². The molecule has 25 heavy (non-hydrogen) atoms. The van der Waals surface area contributed by atoms with Gasteiger partial charge < -0.3 is 33.2 Å². The predicted octanol–water partition coefficient (Wildman–Crippen LogP) is -4.14. The van der Waals surface area contributed by atoms with Crippen LogP contribution in [0.25, 0.3) is 0 Å². The SMILES string of the molecule is N#CNC(N)=NCN1CNC(=O)NC1.N#CNC(N)=NCNC(N)=O. The molecule has 0 saturated carbocycles. The molecule has 1 saturated heterocycles. The standard InChI is InChI=1S/C6H11N7O.C4H8N6O/c7-1-9-5(8)10-2-13-3-11-6(14)12-4-13;5-1-8-3(6)9-2-10-4(7)11/h2-4H2,(H3,8,9,10)(H2,11,12,14);2H2,(H3,6,8,9)(H3,7,10,11). The molecule has 0 aromatic rings. The second-order valence-electron chi connectivity index (χ2n) is 4.07. The number of nitrogens with one attached hydrogen (secondary N) is 5. The van der Waals surface area contributed by atoms with Crippen molar-refractivity contribution in [1.29, 1.82) is 10.5 Å². The summed E-state index contributed by atoms with van der Waals surface area (Å²) in [6.07, 6.45) is 3.21. The molecule has 0 aliphatic carbocycles. The Morgan fingerprint density at radius 3 is 2.12 bits per heavy atom. The van der Waals surface area contributed by atoms with Crippen molar-refractivity contribution in [2.75, 3.05) is 26.7 Å². The molecule has 0 unspecified atom stereocenters. The normalized spacial score (nSPS) is 14.4. The third-order valence-corrected chi connectivity index (χ3v) is 2.24. The van der Waals surface area contributed by atoms with Crippen molar-refractivity contribution in [2.24, 2.45) is 27.2 Å². The lowest BCUT2D eigenvalue weighted by atomic mass is 10.6. The lowest BCUT2D eigenvalue weighted by molar-refractivity contribution is 0.185. The minimum atomic E-state index is -0.696. The molecule has 136 valence electrons. The van der Waals surface area contributed by atoms with E-state index in [0.29, 0.717) is 20.0 Å². The molecule has 1 fully saturated rings. The van der Waals surface area contributed by atoms with Crippen LogP contribution in [0.1, 0.15) is 0 Å². The zero-order chi connectivity index (χ0) is 19.1. The minimum absolute atomic E-state index is 0.0458. The van der Waals surface area contributed by atoms with Gasteiger partial charge >= 0.3 is 12.1 Å². The highest BCUT2D eigenvalue weighted by atomic mass is 16.2. The highest BCUT2D eigenvalue weighted by molar-refractivity contribution is 5.80. The lowest BCUT2D eigenvalue weighted by Crippen LogP contribution is -2.54. The van der Waals surface area contributed by atoms with Gasteiger partial charge in [0.2, 0.25) is 11.9 Å². The topological polar surface area (TPSA) is 248 Å². The Bertz CT molecular complexity index is 577. The van der Waals surface area contributed by atoms with E-state index in [1.807, 2.05) is 0 Å². The summed E-state index contributed by atoms with van der Waals surface area (Å²) in [5.41, 5.74) is 15.1. The van der Waals surface area contributed by atoms with Crippen molar-refractivity contribution >= 4 is 24.0 Å². The molecule has 1 heterocycles. The number of urea groups is 2. The number of guanidine groups is 2. The van der Waals surface area contributed by atoms with E-state index in [4.69, 9.17) is 27.7 Å². The fourth-order valence-electron chi connectivity index (χ4n) is 1.16. The molecule has 0 bridgehead atoms. The van der Waals surface area contributed by atoms with E-state index in [9.17, 15) is 9.59 Å². The van der Waals surface area contributed by atoms with Gasteiger partial charge in [-0.3, -0.25) is 10.6 Å². The number of nitriles is 2. The van der Waals surface area contributed by atoms with Crippen molar-refractivity contribution in [1.82, 2.24) is 31.5 Å². The Balaban J connectivity index is 0.000000477. The van der Waals surface area contributed by atoms with E-state index in [1.54, 1.807) is 17.3 Å². The van der Waals surface area contributed by atoms with Crippen LogP contribution in [-0.4, -0.2) is 55.6 Å². The van der Waals surface area contributed by atoms with Crippen molar-refractivity contribution in [3.05, 3.63) is 0 Å². The summed E-state index contributed by atoms with van der Waals surface area (Å²) in [6.45, 7) is 1.09. The van der Waals surface area contributed by atoms with Crippen molar-refractivity contribution in [3.8, 4) is 12.4 Å². The van der Waals surface area contributed by atoms with E-state index in [1.165, 1.54) is 0 Å².